The van der Waals surface area contributed by atoms with Gasteiger partial charge in [-0.3, -0.25) is 10.1 Å². The Kier molecular flexibility index (Phi) is 4.17. The summed E-state index contributed by atoms with van der Waals surface area (Å²) in [6.07, 6.45) is 2.53. The minimum absolute atomic E-state index is 0.131. The molecule has 102 valence electrons. The van der Waals surface area contributed by atoms with Crippen LogP contribution < -0.4 is 5.48 Å². The zero-order valence-corrected chi connectivity index (χ0v) is 10.4. The van der Waals surface area contributed by atoms with Gasteiger partial charge in [-0.2, -0.15) is 0 Å². The van der Waals surface area contributed by atoms with E-state index in [0.29, 0.717) is 13.1 Å². The first kappa shape index (κ1) is 13.1. The molecule has 0 radical (unpaired) electrons. The molecule has 0 spiro atoms. The lowest BCUT2D eigenvalue weighted by Gasteiger charge is -2.25. The Morgan fingerprint density at radius 3 is 2.63 bits per heavy atom. The molecule has 7 nitrogen and oxygen atoms in total. The van der Waals surface area contributed by atoms with Crippen molar-refractivity contribution in [3.8, 4) is 0 Å². The number of amides is 1. The fourth-order valence-electron chi connectivity index (χ4n) is 1.96. The van der Waals surface area contributed by atoms with Crippen molar-refractivity contribution >= 4 is 17.5 Å². The van der Waals surface area contributed by atoms with Gasteiger partial charge in [0.1, 0.15) is 5.69 Å². The van der Waals surface area contributed by atoms with Gasteiger partial charge in [0.05, 0.1) is 4.92 Å². The molecule has 0 unspecified atom stereocenters. The standard InChI is InChI=1S/C12H15N3O4/c16-12(14-8-4-1-5-9-14)19-13-10-6-2-3-7-11(10)15(17)18/h2-3,6-7,13H,1,4-5,8-9H2. The van der Waals surface area contributed by atoms with Crippen molar-refractivity contribution in [1.82, 2.24) is 4.90 Å². The normalized spacial score (nSPS) is 14.8. The maximum atomic E-state index is 11.7. The second kappa shape index (κ2) is 6.03. The van der Waals surface area contributed by atoms with Crippen LogP contribution in [-0.2, 0) is 4.84 Å². The van der Waals surface area contributed by atoms with Crippen molar-refractivity contribution in [2.24, 2.45) is 0 Å². The van der Waals surface area contributed by atoms with E-state index in [1.165, 1.54) is 12.1 Å². The fourth-order valence-corrected chi connectivity index (χ4v) is 1.96. The summed E-state index contributed by atoms with van der Waals surface area (Å²) >= 11 is 0. The molecule has 1 fully saturated rings. The molecule has 0 bridgehead atoms. The number of carbonyl (C=O) groups excluding carboxylic acids is 1. The van der Waals surface area contributed by atoms with Crippen LogP contribution in [0.4, 0.5) is 16.2 Å². The van der Waals surface area contributed by atoms with Crippen LogP contribution >= 0.6 is 0 Å². The van der Waals surface area contributed by atoms with E-state index in [1.54, 1.807) is 17.0 Å². The van der Waals surface area contributed by atoms with Crippen LogP contribution in [-0.4, -0.2) is 29.0 Å². The average molecular weight is 265 g/mol. The van der Waals surface area contributed by atoms with Crippen LogP contribution in [0.1, 0.15) is 19.3 Å². The van der Waals surface area contributed by atoms with Gasteiger partial charge in [0.25, 0.3) is 5.69 Å². The van der Waals surface area contributed by atoms with Crippen molar-refractivity contribution in [3.63, 3.8) is 0 Å². The molecule has 1 aromatic rings. The topological polar surface area (TPSA) is 84.7 Å². The number of nitrogens with zero attached hydrogens (tertiary/aromatic N) is 2. The van der Waals surface area contributed by atoms with Gasteiger partial charge in [-0.1, -0.05) is 12.1 Å². The Morgan fingerprint density at radius 1 is 1.26 bits per heavy atom. The summed E-state index contributed by atoms with van der Waals surface area (Å²) in [6, 6.07) is 6.01. The first-order valence-corrected chi connectivity index (χ1v) is 6.13. The van der Waals surface area contributed by atoms with Gasteiger partial charge < -0.3 is 9.74 Å². The molecule has 7 heteroatoms. The molecule has 0 atom stereocenters. The highest BCUT2D eigenvalue weighted by Gasteiger charge is 2.19. The summed E-state index contributed by atoms with van der Waals surface area (Å²) in [4.78, 5) is 28.5. The summed E-state index contributed by atoms with van der Waals surface area (Å²) in [5.74, 6) is 0. The highest BCUT2D eigenvalue weighted by Crippen LogP contribution is 2.23. The smallest absolute Gasteiger partial charge is 0.324 e. The highest BCUT2D eigenvalue weighted by molar-refractivity contribution is 5.70. The van der Waals surface area contributed by atoms with Crippen molar-refractivity contribution < 1.29 is 14.6 Å². The van der Waals surface area contributed by atoms with E-state index >= 15 is 0 Å². The molecule has 0 aromatic heterocycles. The average Bonchev–Trinajstić information content (AvgIpc) is 2.46. The Balaban J connectivity index is 1.94. The molecule has 1 heterocycles. The van der Waals surface area contributed by atoms with Crippen molar-refractivity contribution in [2.45, 2.75) is 19.3 Å². The number of anilines is 1. The number of hydrogen-bond donors (Lipinski definition) is 1. The number of carbonyl (C=O) groups is 1. The molecular weight excluding hydrogens is 250 g/mol. The summed E-state index contributed by atoms with van der Waals surface area (Å²) in [7, 11) is 0. The van der Waals surface area contributed by atoms with E-state index in [0.717, 1.165) is 19.3 Å². The summed E-state index contributed by atoms with van der Waals surface area (Å²) in [5.41, 5.74) is 2.39. The lowest BCUT2D eigenvalue weighted by molar-refractivity contribution is -0.384. The minimum atomic E-state index is -0.531. The Hall–Kier alpha value is -2.31. The molecule has 2 rings (SSSR count). The number of para-hydroxylation sites is 2. The predicted octanol–water partition coefficient (Wildman–Crippen LogP) is 2.54. The van der Waals surface area contributed by atoms with Gasteiger partial charge in [-0.15, -0.1) is 0 Å². The van der Waals surface area contributed by atoms with E-state index < -0.39 is 11.0 Å². The molecule has 1 N–H and O–H groups in total. The van der Waals surface area contributed by atoms with Gasteiger partial charge in [-0.25, -0.2) is 10.3 Å². The van der Waals surface area contributed by atoms with E-state index in [-0.39, 0.29) is 11.4 Å². The van der Waals surface area contributed by atoms with E-state index in [4.69, 9.17) is 4.84 Å². The van der Waals surface area contributed by atoms with E-state index in [9.17, 15) is 14.9 Å². The van der Waals surface area contributed by atoms with Gasteiger partial charge >= 0.3 is 6.09 Å². The monoisotopic (exact) mass is 265 g/mol. The largest absolute Gasteiger partial charge is 0.434 e. The molecule has 1 amide bonds. The van der Waals surface area contributed by atoms with Crippen molar-refractivity contribution in [1.29, 1.82) is 0 Å². The summed E-state index contributed by atoms with van der Waals surface area (Å²) in [6.45, 7) is 1.33. The molecule has 1 aliphatic heterocycles. The van der Waals surface area contributed by atoms with Gasteiger partial charge in [0, 0.05) is 19.2 Å². The van der Waals surface area contributed by atoms with Crippen molar-refractivity contribution in [3.05, 3.63) is 34.4 Å². The summed E-state index contributed by atoms with van der Waals surface area (Å²) in [5, 5.41) is 10.8. The second-order valence-corrected chi connectivity index (χ2v) is 4.29. The van der Waals surface area contributed by atoms with Gasteiger partial charge in [0.2, 0.25) is 0 Å². The van der Waals surface area contributed by atoms with Crippen LogP contribution in [0.3, 0.4) is 0 Å². The number of hydrogen-bond acceptors (Lipinski definition) is 5. The van der Waals surface area contributed by atoms with Crippen LogP contribution in [0.5, 0.6) is 0 Å². The Bertz CT molecular complexity index is 472. The number of likely N-dealkylation sites (tertiary alicyclic amines) is 1. The maximum absolute atomic E-state index is 11.7. The predicted molar refractivity (Wildman–Crippen MR) is 68.6 cm³/mol. The number of benzene rings is 1. The lowest BCUT2D eigenvalue weighted by Crippen LogP contribution is -2.37. The quantitative estimate of drug-likeness (QED) is 0.670. The molecule has 1 aromatic carbocycles. The van der Waals surface area contributed by atoms with Crippen LogP contribution in [0.2, 0.25) is 0 Å². The van der Waals surface area contributed by atoms with Crippen LogP contribution in [0.15, 0.2) is 24.3 Å². The minimum Gasteiger partial charge on any atom is -0.324 e. The van der Waals surface area contributed by atoms with Crippen LogP contribution in [0.25, 0.3) is 0 Å². The second-order valence-electron chi connectivity index (χ2n) is 4.29. The first-order chi connectivity index (χ1) is 9.18. The Morgan fingerprint density at radius 2 is 1.95 bits per heavy atom. The van der Waals surface area contributed by atoms with Crippen molar-refractivity contribution in [2.75, 3.05) is 18.6 Å². The zero-order valence-electron chi connectivity index (χ0n) is 10.4. The number of nitro groups is 1. The number of nitro benzene ring substituents is 1. The molecule has 0 saturated carbocycles. The molecule has 1 saturated heterocycles. The van der Waals surface area contributed by atoms with Gasteiger partial charge in [-0.05, 0) is 25.3 Å². The molecular formula is C12H15N3O4. The number of nitrogens with one attached hydrogen (secondary N) is 1. The highest BCUT2D eigenvalue weighted by atomic mass is 16.7. The number of piperidine rings is 1. The SMILES string of the molecule is O=C(ONc1ccccc1[N+](=O)[O-])N1CCCCC1. The van der Waals surface area contributed by atoms with Gasteiger partial charge in [0.15, 0.2) is 0 Å². The van der Waals surface area contributed by atoms with Crippen LogP contribution in [0, 0.1) is 10.1 Å². The number of rotatable bonds is 3. The molecule has 1 aliphatic rings. The third kappa shape index (κ3) is 3.34. The summed E-state index contributed by atoms with van der Waals surface area (Å²) < 4.78 is 0. The zero-order chi connectivity index (χ0) is 13.7. The van der Waals surface area contributed by atoms with E-state index in [1.807, 2.05) is 0 Å². The molecule has 0 aliphatic carbocycles. The fraction of sp³-hybridized carbons (Fsp3) is 0.417. The Labute approximate surface area is 110 Å². The van der Waals surface area contributed by atoms with E-state index in [2.05, 4.69) is 5.48 Å². The maximum Gasteiger partial charge on any atom is 0.434 e. The third-order valence-corrected chi connectivity index (χ3v) is 2.96. The first-order valence-electron chi connectivity index (χ1n) is 6.13. The molecule has 19 heavy (non-hydrogen) atoms. The third-order valence-electron chi connectivity index (χ3n) is 2.96. The lowest BCUT2D eigenvalue weighted by atomic mass is 10.1.